The number of likely N-dealkylation sites (tertiary alicyclic amines) is 1. The molecule has 100 valence electrons. The van der Waals surface area contributed by atoms with E-state index in [-0.39, 0.29) is 12.1 Å². The Morgan fingerprint density at radius 2 is 1.94 bits per heavy atom. The lowest BCUT2D eigenvalue weighted by molar-refractivity contribution is 0.00495. The number of piperidine rings is 1. The molecule has 2 aliphatic rings. The van der Waals surface area contributed by atoms with E-state index in [4.69, 9.17) is 10.5 Å². The number of hydrogen-bond acceptors (Lipinski definition) is 4. The van der Waals surface area contributed by atoms with Crippen molar-refractivity contribution in [3.8, 4) is 0 Å². The highest BCUT2D eigenvalue weighted by atomic mass is 16.5. The van der Waals surface area contributed by atoms with Gasteiger partial charge in [0.1, 0.15) is 0 Å². The van der Waals surface area contributed by atoms with Crippen LogP contribution in [0.5, 0.6) is 0 Å². The number of nitrogens with two attached hydrogens (primary N) is 1. The number of rotatable bonds is 6. The van der Waals surface area contributed by atoms with Crippen LogP contribution in [0.15, 0.2) is 0 Å². The number of hydrogen-bond donors (Lipinski definition) is 2. The van der Waals surface area contributed by atoms with Gasteiger partial charge in [0.05, 0.1) is 18.2 Å². The fraction of sp³-hybridized carbons (Fsp3) is 1.00. The molecule has 0 radical (unpaired) electrons. The van der Waals surface area contributed by atoms with Crippen molar-refractivity contribution in [3.63, 3.8) is 0 Å². The Labute approximate surface area is 104 Å². The van der Waals surface area contributed by atoms with E-state index in [1.807, 2.05) is 0 Å². The van der Waals surface area contributed by atoms with Gasteiger partial charge >= 0.3 is 0 Å². The first-order valence-corrected chi connectivity index (χ1v) is 6.91. The van der Waals surface area contributed by atoms with Gasteiger partial charge in [-0.25, -0.2) is 0 Å². The molecular formula is C13H26N2O2. The van der Waals surface area contributed by atoms with Gasteiger partial charge in [0.15, 0.2) is 0 Å². The molecular weight excluding hydrogens is 216 g/mol. The highest BCUT2D eigenvalue weighted by Gasteiger charge is 2.43. The van der Waals surface area contributed by atoms with E-state index in [0.29, 0.717) is 12.0 Å². The van der Waals surface area contributed by atoms with Crippen molar-refractivity contribution >= 4 is 0 Å². The van der Waals surface area contributed by atoms with E-state index in [2.05, 4.69) is 11.8 Å². The smallest absolute Gasteiger partial charge is 0.0626 e. The van der Waals surface area contributed by atoms with Crippen molar-refractivity contribution in [2.75, 3.05) is 32.8 Å². The number of aliphatic hydroxyl groups excluding tert-OH is 1. The fourth-order valence-electron chi connectivity index (χ4n) is 2.85. The topological polar surface area (TPSA) is 58.7 Å². The van der Waals surface area contributed by atoms with Gasteiger partial charge in [0.2, 0.25) is 0 Å². The van der Waals surface area contributed by atoms with E-state index in [1.165, 1.54) is 12.8 Å². The number of aliphatic hydroxyl groups is 1. The first-order valence-electron chi connectivity index (χ1n) is 6.91. The van der Waals surface area contributed by atoms with Crippen LogP contribution in [0.1, 0.15) is 32.6 Å². The molecule has 17 heavy (non-hydrogen) atoms. The summed E-state index contributed by atoms with van der Waals surface area (Å²) in [5.74, 6) is 0.539. The number of ether oxygens (including phenoxy) is 1. The Balaban J connectivity index is 1.76. The van der Waals surface area contributed by atoms with Crippen molar-refractivity contribution in [3.05, 3.63) is 0 Å². The van der Waals surface area contributed by atoms with Crippen LogP contribution in [0.25, 0.3) is 0 Å². The third-order valence-electron chi connectivity index (χ3n) is 4.14. The highest BCUT2D eigenvalue weighted by molar-refractivity contribution is 5.00. The summed E-state index contributed by atoms with van der Waals surface area (Å²) in [6.45, 7) is 5.92. The molecule has 0 spiro atoms. The minimum atomic E-state index is -0.363. The maximum atomic E-state index is 9.49. The molecule has 1 saturated heterocycles. The molecule has 1 unspecified atom stereocenters. The van der Waals surface area contributed by atoms with Gasteiger partial charge < -0.3 is 20.5 Å². The molecule has 0 amide bonds. The van der Waals surface area contributed by atoms with Crippen LogP contribution in [0, 0.1) is 5.92 Å². The lowest BCUT2D eigenvalue weighted by Crippen LogP contribution is -2.56. The Bertz CT molecular complexity index is 238. The van der Waals surface area contributed by atoms with Crippen LogP contribution in [0.3, 0.4) is 0 Å². The zero-order chi connectivity index (χ0) is 12.3. The molecule has 4 nitrogen and oxygen atoms in total. The predicted molar refractivity (Wildman–Crippen MR) is 67.8 cm³/mol. The lowest BCUT2D eigenvalue weighted by Gasteiger charge is -2.38. The van der Waals surface area contributed by atoms with Gasteiger partial charge in [0.25, 0.3) is 0 Å². The van der Waals surface area contributed by atoms with Gasteiger partial charge in [-0.05, 0) is 38.5 Å². The zero-order valence-corrected chi connectivity index (χ0v) is 10.9. The Kier molecular flexibility index (Phi) is 4.42. The molecule has 0 aromatic heterocycles. The molecule has 1 saturated carbocycles. The van der Waals surface area contributed by atoms with Crippen molar-refractivity contribution in [1.29, 1.82) is 0 Å². The molecule has 2 rings (SSSR count). The SMILES string of the molecule is CCOC1CCN(CC(N)(CO)C2CC2)CC1. The molecule has 1 aliphatic heterocycles. The van der Waals surface area contributed by atoms with E-state index < -0.39 is 0 Å². The molecule has 0 bridgehead atoms. The first-order chi connectivity index (χ1) is 8.18. The molecule has 2 fully saturated rings. The van der Waals surface area contributed by atoms with Crippen molar-refractivity contribution in [2.24, 2.45) is 11.7 Å². The van der Waals surface area contributed by atoms with Crippen LogP contribution >= 0.6 is 0 Å². The molecule has 3 N–H and O–H groups in total. The second-order valence-corrected chi connectivity index (χ2v) is 5.60. The summed E-state index contributed by atoms with van der Waals surface area (Å²) in [6.07, 6.45) is 5.00. The van der Waals surface area contributed by atoms with Crippen molar-refractivity contribution in [1.82, 2.24) is 4.90 Å². The predicted octanol–water partition coefficient (Wildman–Crippen LogP) is 0.587. The summed E-state index contributed by atoms with van der Waals surface area (Å²) in [7, 11) is 0. The summed E-state index contributed by atoms with van der Waals surface area (Å²) in [5, 5.41) is 9.49. The average molecular weight is 242 g/mol. The maximum absolute atomic E-state index is 9.49. The summed E-state index contributed by atoms with van der Waals surface area (Å²) in [6, 6.07) is 0. The first kappa shape index (κ1) is 13.3. The van der Waals surface area contributed by atoms with E-state index in [9.17, 15) is 5.11 Å². The maximum Gasteiger partial charge on any atom is 0.0626 e. The minimum absolute atomic E-state index is 0.114. The summed E-state index contributed by atoms with van der Waals surface area (Å²) < 4.78 is 5.64. The largest absolute Gasteiger partial charge is 0.394 e. The monoisotopic (exact) mass is 242 g/mol. The van der Waals surface area contributed by atoms with Crippen molar-refractivity contribution in [2.45, 2.75) is 44.2 Å². The second-order valence-electron chi connectivity index (χ2n) is 5.60. The normalized spacial score (nSPS) is 27.0. The molecule has 0 aromatic rings. The van der Waals surface area contributed by atoms with Gasteiger partial charge in [-0.3, -0.25) is 0 Å². The standard InChI is InChI=1S/C13H26N2O2/c1-2-17-12-5-7-15(8-6-12)9-13(14,10-16)11-3-4-11/h11-12,16H,2-10,14H2,1H3. The summed E-state index contributed by atoms with van der Waals surface area (Å²) >= 11 is 0. The lowest BCUT2D eigenvalue weighted by atomic mass is 9.93. The molecule has 4 heteroatoms. The van der Waals surface area contributed by atoms with Gasteiger partial charge in [0, 0.05) is 26.2 Å². The average Bonchev–Trinajstić information content (AvgIpc) is 3.16. The second kappa shape index (κ2) is 5.65. The van der Waals surface area contributed by atoms with E-state index in [1.54, 1.807) is 0 Å². The Hall–Kier alpha value is -0.160. The van der Waals surface area contributed by atoms with Crippen molar-refractivity contribution < 1.29 is 9.84 Å². The summed E-state index contributed by atoms with van der Waals surface area (Å²) in [4.78, 5) is 2.39. The molecule has 1 aliphatic carbocycles. The molecule has 0 aromatic carbocycles. The highest BCUT2D eigenvalue weighted by Crippen LogP contribution is 2.38. The molecule has 1 atom stereocenters. The van der Waals surface area contributed by atoms with Crippen LogP contribution in [-0.4, -0.2) is 54.5 Å². The minimum Gasteiger partial charge on any atom is -0.394 e. The number of nitrogens with zero attached hydrogens (tertiary/aromatic N) is 1. The van der Waals surface area contributed by atoms with E-state index in [0.717, 1.165) is 39.1 Å². The third kappa shape index (κ3) is 3.41. The van der Waals surface area contributed by atoms with Crippen LogP contribution in [0.2, 0.25) is 0 Å². The third-order valence-corrected chi connectivity index (χ3v) is 4.14. The Morgan fingerprint density at radius 3 is 2.41 bits per heavy atom. The zero-order valence-electron chi connectivity index (χ0n) is 10.9. The summed E-state index contributed by atoms with van der Waals surface area (Å²) in [5.41, 5.74) is 5.94. The quantitative estimate of drug-likeness (QED) is 0.715. The van der Waals surface area contributed by atoms with Gasteiger partial charge in [-0.15, -0.1) is 0 Å². The van der Waals surface area contributed by atoms with Crippen LogP contribution in [-0.2, 0) is 4.74 Å². The Morgan fingerprint density at radius 1 is 1.29 bits per heavy atom. The van der Waals surface area contributed by atoms with Crippen LogP contribution in [0.4, 0.5) is 0 Å². The molecule has 1 heterocycles. The van der Waals surface area contributed by atoms with Gasteiger partial charge in [-0.2, -0.15) is 0 Å². The fourth-order valence-corrected chi connectivity index (χ4v) is 2.85. The van der Waals surface area contributed by atoms with Gasteiger partial charge in [-0.1, -0.05) is 0 Å². The van der Waals surface area contributed by atoms with Crippen LogP contribution < -0.4 is 5.73 Å². The van der Waals surface area contributed by atoms with E-state index >= 15 is 0 Å².